The molecule has 0 spiro atoms. The van der Waals surface area contributed by atoms with Crippen molar-refractivity contribution in [2.75, 3.05) is 13.7 Å². The maximum Gasteiger partial charge on any atom is 0.352 e. The van der Waals surface area contributed by atoms with Gasteiger partial charge in [0.2, 0.25) is 0 Å². The zero-order valence-corrected chi connectivity index (χ0v) is 16.5. The number of benzene rings is 1. The van der Waals surface area contributed by atoms with Gasteiger partial charge < -0.3 is 14.2 Å². The zero-order valence-electron chi connectivity index (χ0n) is 14.0. The first-order chi connectivity index (χ1) is 13.1. The molecule has 0 radical (unpaired) electrons. The summed E-state index contributed by atoms with van der Waals surface area (Å²) in [5.74, 6) is -0.766. The molecule has 6 nitrogen and oxygen atoms in total. The smallest absolute Gasteiger partial charge is 0.352 e. The Bertz CT molecular complexity index is 1010. The van der Waals surface area contributed by atoms with Gasteiger partial charge in [-0.05, 0) is 42.0 Å². The summed E-state index contributed by atoms with van der Waals surface area (Å²) in [7, 11) is 4.60. The van der Waals surface area contributed by atoms with E-state index in [0.717, 1.165) is 14.3 Å². The highest BCUT2D eigenvalue weighted by molar-refractivity contribution is 7.80. The minimum absolute atomic E-state index is 0.186. The number of methoxy groups -OCH3 is 1. The lowest BCUT2D eigenvalue weighted by Gasteiger charge is -2.11. The first-order valence-electron chi connectivity index (χ1n) is 7.63. The number of carbonyl (C=O) groups excluding carboxylic acids is 2. The van der Waals surface area contributed by atoms with Gasteiger partial charge in [0.05, 0.1) is 12.7 Å². The topological polar surface area (TPSA) is 74.7 Å². The molecule has 2 aromatic heterocycles. The number of hydrogen-bond acceptors (Lipinski definition) is 9. The monoisotopic (exact) mass is 419 g/mol. The van der Waals surface area contributed by atoms with Crippen LogP contribution in [0.3, 0.4) is 0 Å². The van der Waals surface area contributed by atoms with Crippen molar-refractivity contribution >= 4 is 44.8 Å². The molecular weight excluding hydrogens is 406 g/mol. The lowest BCUT2D eigenvalue weighted by molar-refractivity contribution is -0.140. The Morgan fingerprint density at radius 2 is 2.00 bits per heavy atom. The van der Waals surface area contributed by atoms with E-state index in [-0.39, 0.29) is 5.56 Å². The van der Waals surface area contributed by atoms with E-state index in [1.807, 2.05) is 12.1 Å². The van der Waals surface area contributed by atoms with Crippen LogP contribution in [0.4, 0.5) is 0 Å². The molecule has 1 aromatic carbocycles. The summed E-state index contributed by atoms with van der Waals surface area (Å²) >= 11 is 5.15. The average molecular weight is 420 g/mol. The Hall–Kier alpha value is -2.62. The standard InChI is InChI=1S/C18H13NO5S3/c1-22-14-7-11(15-8-17(25)27-26-15)4-5-13(14)23-10-16(20)24-18(21)12-3-2-6-19-9-12/h2-9H,10H2,1H3. The molecule has 0 amide bonds. The fraction of sp³-hybridized carbons (Fsp3) is 0.111. The molecule has 0 N–H and O–H groups in total. The van der Waals surface area contributed by atoms with Gasteiger partial charge in [0.15, 0.2) is 18.1 Å². The first kappa shape index (κ1) is 19.2. The third kappa shape index (κ3) is 4.97. The molecule has 0 saturated carbocycles. The highest BCUT2D eigenvalue weighted by Gasteiger charge is 2.15. The van der Waals surface area contributed by atoms with Crippen molar-refractivity contribution < 1.29 is 23.8 Å². The number of carbonyl (C=O) groups is 2. The Balaban J connectivity index is 1.64. The SMILES string of the molecule is COc1cc(-c2cc(=S)ss2)ccc1OCC(=O)OC(=O)c1cccnc1. The van der Waals surface area contributed by atoms with Crippen LogP contribution in [-0.4, -0.2) is 30.6 Å². The second-order valence-corrected chi connectivity index (χ2v) is 8.06. The molecule has 0 bridgehead atoms. The van der Waals surface area contributed by atoms with Crippen LogP contribution in [0.5, 0.6) is 11.5 Å². The van der Waals surface area contributed by atoms with E-state index in [4.69, 9.17) is 26.4 Å². The van der Waals surface area contributed by atoms with Crippen LogP contribution in [0.1, 0.15) is 10.4 Å². The molecule has 3 rings (SSSR count). The predicted molar refractivity (Wildman–Crippen MR) is 105 cm³/mol. The highest BCUT2D eigenvalue weighted by atomic mass is 32.9. The summed E-state index contributed by atoms with van der Waals surface area (Å²) in [6.07, 6.45) is 2.84. The number of esters is 2. The van der Waals surface area contributed by atoms with Gasteiger partial charge in [-0.2, -0.15) is 0 Å². The van der Waals surface area contributed by atoms with Crippen LogP contribution in [0.25, 0.3) is 10.4 Å². The molecule has 0 aliphatic carbocycles. The molecule has 0 aliphatic rings. The molecule has 138 valence electrons. The van der Waals surface area contributed by atoms with Gasteiger partial charge in [-0.1, -0.05) is 32.9 Å². The number of rotatable bonds is 6. The Morgan fingerprint density at radius 3 is 2.67 bits per heavy atom. The van der Waals surface area contributed by atoms with Crippen LogP contribution < -0.4 is 9.47 Å². The van der Waals surface area contributed by atoms with Crippen molar-refractivity contribution in [1.82, 2.24) is 4.98 Å². The third-order valence-corrected chi connectivity index (χ3v) is 6.27. The van der Waals surface area contributed by atoms with Crippen molar-refractivity contribution in [1.29, 1.82) is 0 Å². The lowest BCUT2D eigenvalue weighted by atomic mass is 10.1. The van der Waals surface area contributed by atoms with E-state index in [9.17, 15) is 9.59 Å². The van der Waals surface area contributed by atoms with Crippen LogP contribution in [0, 0.1) is 3.82 Å². The lowest BCUT2D eigenvalue weighted by Crippen LogP contribution is -2.19. The van der Waals surface area contributed by atoms with Crippen molar-refractivity contribution in [2.45, 2.75) is 0 Å². The minimum atomic E-state index is -0.814. The van der Waals surface area contributed by atoms with Gasteiger partial charge in [0.1, 0.15) is 3.82 Å². The van der Waals surface area contributed by atoms with Gasteiger partial charge >= 0.3 is 11.9 Å². The number of ether oxygens (including phenoxy) is 3. The molecule has 0 fully saturated rings. The molecule has 0 unspecified atom stereocenters. The number of nitrogens with zero attached hydrogens (tertiary/aromatic N) is 1. The van der Waals surface area contributed by atoms with E-state index in [1.54, 1.807) is 28.5 Å². The largest absolute Gasteiger partial charge is 0.493 e. The number of pyridine rings is 1. The number of aromatic nitrogens is 1. The van der Waals surface area contributed by atoms with Crippen LogP contribution in [0.15, 0.2) is 48.8 Å². The molecular formula is C18H13NO5S3. The van der Waals surface area contributed by atoms with Gasteiger partial charge in [-0.3, -0.25) is 4.98 Å². The fourth-order valence-electron chi connectivity index (χ4n) is 2.12. The Labute approximate surface area is 167 Å². The number of hydrogen-bond donors (Lipinski definition) is 0. The molecule has 0 saturated heterocycles. The summed E-state index contributed by atoms with van der Waals surface area (Å²) in [6, 6.07) is 10.3. The van der Waals surface area contributed by atoms with E-state index in [0.29, 0.717) is 11.5 Å². The fourth-order valence-corrected chi connectivity index (χ4v) is 4.52. The summed E-state index contributed by atoms with van der Waals surface area (Å²) in [5.41, 5.74) is 1.12. The molecule has 0 atom stereocenters. The first-order valence-corrected chi connectivity index (χ1v) is 10.2. The quantitative estimate of drug-likeness (QED) is 0.254. The minimum Gasteiger partial charge on any atom is -0.493 e. The second-order valence-electron chi connectivity index (χ2n) is 5.15. The van der Waals surface area contributed by atoms with Crippen LogP contribution in [-0.2, 0) is 9.53 Å². The summed E-state index contributed by atoms with van der Waals surface area (Å²) < 4.78 is 16.3. The van der Waals surface area contributed by atoms with Gasteiger partial charge in [-0.25, -0.2) is 9.59 Å². The van der Waals surface area contributed by atoms with E-state index >= 15 is 0 Å². The molecule has 3 aromatic rings. The van der Waals surface area contributed by atoms with Gasteiger partial charge in [0, 0.05) is 17.3 Å². The zero-order chi connectivity index (χ0) is 19.2. The maximum absolute atomic E-state index is 11.9. The molecule has 9 heteroatoms. The van der Waals surface area contributed by atoms with Crippen molar-refractivity contribution in [3.8, 4) is 21.9 Å². The predicted octanol–water partition coefficient (Wildman–Crippen LogP) is 4.37. The molecule has 0 aliphatic heterocycles. The Kier molecular flexibility index (Phi) is 6.28. The van der Waals surface area contributed by atoms with E-state index in [2.05, 4.69) is 4.98 Å². The van der Waals surface area contributed by atoms with E-state index in [1.165, 1.54) is 35.9 Å². The Morgan fingerprint density at radius 1 is 1.15 bits per heavy atom. The molecule has 27 heavy (non-hydrogen) atoms. The summed E-state index contributed by atoms with van der Waals surface area (Å²) in [6.45, 7) is -0.431. The maximum atomic E-state index is 11.9. The van der Waals surface area contributed by atoms with Crippen molar-refractivity contribution in [3.63, 3.8) is 0 Å². The normalized spacial score (nSPS) is 10.3. The van der Waals surface area contributed by atoms with E-state index < -0.39 is 18.5 Å². The summed E-state index contributed by atoms with van der Waals surface area (Å²) in [5, 5.41) is 0. The highest BCUT2D eigenvalue weighted by Crippen LogP contribution is 2.36. The molecule has 2 heterocycles. The average Bonchev–Trinajstić information content (AvgIpc) is 3.13. The summed E-state index contributed by atoms with van der Waals surface area (Å²) in [4.78, 5) is 28.5. The van der Waals surface area contributed by atoms with Gasteiger partial charge in [-0.15, -0.1) is 0 Å². The van der Waals surface area contributed by atoms with Crippen LogP contribution in [0.2, 0.25) is 0 Å². The van der Waals surface area contributed by atoms with Crippen LogP contribution >= 0.6 is 32.9 Å². The second kappa shape index (κ2) is 8.85. The van der Waals surface area contributed by atoms with Crippen molar-refractivity contribution in [2.24, 2.45) is 0 Å². The third-order valence-electron chi connectivity index (χ3n) is 3.36. The van der Waals surface area contributed by atoms with Crippen molar-refractivity contribution in [3.05, 3.63) is 58.2 Å². The van der Waals surface area contributed by atoms with Gasteiger partial charge in [0.25, 0.3) is 0 Å².